The zero-order chi connectivity index (χ0) is 16.8. The Morgan fingerprint density at radius 2 is 2.04 bits per heavy atom. The van der Waals surface area contributed by atoms with Gasteiger partial charge in [0.15, 0.2) is 0 Å². The molecule has 0 radical (unpaired) electrons. The monoisotopic (exact) mass is 354 g/mol. The van der Waals surface area contributed by atoms with Crippen LogP contribution in [0.2, 0.25) is 5.02 Å². The minimum absolute atomic E-state index is 0.408. The van der Waals surface area contributed by atoms with E-state index in [1.165, 1.54) is 6.42 Å². The quantitative estimate of drug-likeness (QED) is 0.707. The van der Waals surface area contributed by atoms with Gasteiger partial charge in [-0.3, -0.25) is 0 Å². The van der Waals surface area contributed by atoms with Crippen LogP contribution in [0.25, 0.3) is 10.9 Å². The van der Waals surface area contributed by atoms with E-state index < -0.39 is 0 Å². The van der Waals surface area contributed by atoms with Crippen LogP contribution in [0.4, 0.5) is 5.82 Å². The Labute approximate surface area is 150 Å². The fraction of sp³-hybridized carbons (Fsp3) is 0.444. The number of aryl methyl sites for hydroxylation is 1. The third kappa shape index (κ3) is 2.56. The van der Waals surface area contributed by atoms with Crippen molar-refractivity contribution >= 4 is 28.3 Å². The van der Waals surface area contributed by atoms with Crippen molar-refractivity contribution in [1.82, 2.24) is 24.7 Å². The van der Waals surface area contributed by atoms with Crippen molar-refractivity contribution in [3.05, 3.63) is 41.2 Å². The highest BCUT2D eigenvalue weighted by atomic mass is 35.5. The summed E-state index contributed by atoms with van der Waals surface area (Å²) < 4.78 is 2.33. The second-order valence-electron chi connectivity index (χ2n) is 6.87. The van der Waals surface area contributed by atoms with Gasteiger partial charge in [0, 0.05) is 42.4 Å². The molecule has 3 aromatic rings. The third-order valence-electron chi connectivity index (χ3n) is 5.30. The van der Waals surface area contributed by atoms with E-state index in [0.29, 0.717) is 10.9 Å². The Balaban J connectivity index is 1.49. The Kier molecular flexibility index (Phi) is 3.59. The number of anilines is 1. The average Bonchev–Trinajstić information content (AvgIpc) is 3.24. The fourth-order valence-electron chi connectivity index (χ4n) is 4.12. The second kappa shape index (κ2) is 5.95. The summed E-state index contributed by atoms with van der Waals surface area (Å²) in [5, 5.41) is 10.6. The first-order valence-electron chi connectivity index (χ1n) is 8.87. The van der Waals surface area contributed by atoms with Crippen LogP contribution in [0.3, 0.4) is 0 Å². The number of rotatable bonds is 2. The lowest BCUT2D eigenvalue weighted by Gasteiger charge is -2.33. The molecule has 1 atom stereocenters. The molecule has 2 aromatic heterocycles. The Bertz CT molecular complexity index is 936. The van der Waals surface area contributed by atoms with E-state index in [1.807, 2.05) is 18.2 Å². The van der Waals surface area contributed by atoms with Gasteiger partial charge < -0.3 is 9.47 Å². The summed E-state index contributed by atoms with van der Waals surface area (Å²) in [5.74, 6) is 3.70. The standard InChI is InChI=1S/C18H19ClN6/c19-13-5-6-14-15(9-13)20-11-21-18(14)24-7-1-3-12(10-24)17-23-22-16-4-2-8-25(16)17/h5-6,9,11-12H,1-4,7-8,10H2. The number of benzene rings is 1. The summed E-state index contributed by atoms with van der Waals surface area (Å²) in [6, 6.07) is 5.82. The summed E-state index contributed by atoms with van der Waals surface area (Å²) in [7, 11) is 0. The van der Waals surface area contributed by atoms with Crippen molar-refractivity contribution in [3.63, 3.8) is 0 Å². The van der Waals surface area contributed by atoms with Gasteiger partial charge in [-0.15, -0.1) is 10.2 Å². The summed E-state index contributed by atoms with van der Waals surface area (Å²) >= 11 is 6.11. The summed E-state index contributed by atoms with van der Waals surface area (Å²) in [4.78, 5) is 11.3. The Hall–Kier alpha value is -2.21. The lowest BCUT2D eigenvalue weighted by atomic mass is 9.97. The summed E-state index contributed by atoms with van der Waals surface area (Å²) in [6.07, 6.45) is 6.16. The minimum atomic E-state index is 0.408. The van der Waals surface area contributed by atoms with E-state index in [4.69, 9.17) is 11.6 Å². The van der Waals surface area contributed by atoms with Gasteiger partial charge in [0.05, 0.1) is 5.52 Å². The molecular weight excluding hydrogens is 336 g/mol. The van der Waals surface area contributed by atoms with Gasteiger partial charge in [-0.25, -0.2) is 9.97 Å². The topological polar surface area (TPSA) is 59.7 Å². The molecule has 128 valence electrons. The van der Waals surface area contributed by atoms with Crippen LogP contribution in [-0.4, -0.2) is 37.8 Å². The van der Waals surface area contributed by atoms with Gasteiger partial charge in [0.25, 0.3) is 0 Å². The van der Waals surface area contributed by atoms with E-state index >= 15 is 0 Å². The summed E-state index contributed by atoms with van der Waals surface area (Å²) in [6.45, 7) is 2.99. The van der Waals surface area contributed by atoms with Crippen molar-refractivity contribution in [2.24, 2.45) is 0 Å². The van der Waals surface area contributed by atoms with Gasteiger partial charge in [-0.2, -0.15) is 0 Å². The Morgan fingerprint density at radius 1 is 1.08 bits per heavy atom. The first-order chi connectivity index (χ1) is 12.3. The largest absolute Gasteiger partial charge is 0.355 e. The van der Waals surface area contributed by atoms with Crippen LogP contribution in [0.1, 0.15) is 36.8 Å². The molecule has 0 amide bonds. The Morgan fingerprint density at radius 3 is 3.00 bits per heavy atom. The normalized spacial score (nSPS) is 20.2. The maximum Gasteiger partial charge on any atom is 0.139 e. The van der Waals surface area contributed by atoms with E-state index in [1.54, 1.807) is 6.33 Å². The van der Waals surface area contributed by atoms with E-state index in [9.17, 15) is 0 Å². The maximum absolute atomic E-state index is 6.11. The second-order valence-corrected chi connectivity index (χ2v) is 7.31. The molecule has 2 aliphatic rings. The van der Waals surface area contributed by atoms with Crippen molar-refractivity contribution in [1.29, 1.82) is 0 Å². The zero-order valence-electron chi connectivity index (χ0n) is 13.9. The van der Waals surface area contributed by atoms with Gasteiger partial charge in [0.2, 0.25) is 0 Å². The molecule has 0 saturated carbocycles. The number of aromatic nitrogens is 5. The molecule has 4 heterocycles. The smallest absolute Gasteiger partial charge is 0.139 e. The predicted octanol–water partition coefficient (Wildman–Crippen LogP) is 3.20. The van der Waals surface area contributed by atoms with Gasteiger partial charge in [-0.1, -0.05) is 11.6 Å². The van der Waals surface area contributed by atoms with Crippen LogP contribution in [0.5, 0.6) is 0 Å². The van der Waals surface area contributed by atoms with Crippen molar-refractivity contribution in [2.75, 3.05) is 18.0 Å². The molecule has 2 aliphatic heterocycles. The highest BCUT2D eigenvalue weighted by Crippen LogP contribution is 2.33. The molecule has 6 nitrogen and oxygen atoms in total. The molecule has 7 heteroatoms. The van der Waals surface area contributed by atoms with Crippen molar-refractivity contribution < 1.29 is 0 Å². The molecule has 25 heavy (non-hydrogen) atoms. The van der Waals surface area contributed by atoms with Crippen LogP contribution in [-0.2, 0) is 13.0 Å². The number of nitrogens with zero attached hydrogens (tertiary/aromatic N) is 6. The molecule has 1 unspecified atom stereocenters. The lowest BCUT2D eigenvalue weighted by Crippen LogP contribution is -2.36. The van der Waals surface area contributed by atoms with Crippen LogP contribution >= 0.6 is 11.6 Å². The SMILES string of the molecule is Clc1ccc2c(N3CCCC(c4nnc5n4CCC5)C3)ncnc2c1. The lowest BCUT2D eigenvalue weighted by molar-refractivity contribution is 0.471. The molecule has 0 spiro atoms. The zero-order valence-corrected chi connectivity index (χ0v) is 14.7. The van der Waals surface area contributed by atoms with Gasteiger partial charge >= 0.3 is 0 Å². The number of piperidine rings is 1. The van der Waals surface area contributed by atoms with Crippen LogP contribution < -0.4 is 4.90 Å². The van der Waals surface area contributed by atoms with E-state index in [2.05, 4.69) is 29.6 Å². The molecule has 0 N–H and O–H groups in total. The highest BCUT2D eigenvalue weighted by Gasteiger charge is 2.29. The van der Waals surface area contributed by atoms with Crippen LogP contribution in [0.15, 0.2) is 24.5 Å². The van der Waals surface area contributed by atoms with Crippen molar-refractivity contribution in [2.45, 2.75) is 38.1 Å². The van der Waals surface area contributed by atoms with E-state index in [0.717, 1.165) is 67.3 Å². The van der Waals surface area contributed by atoms with Gasteiger partial charge in [-0.05, 0) is 37.5 Å². The maximum atomic E-state index is 6.11. The molecular formula is C18H19ClN6. The molecule has 1 aromatic carbocycles. The minimum Gasteiger partial charge on any atom is -0.355 e. The number of hydrogen-bond donors (Lipinski definition) is 0. The number of fused-ring (bicyclic) bond motifs is 2. The van der Waals surface area contributed by atoms with E-state index in [-0.39, 0.29) is 0 Å². The van der Waals surface area contributed by atoms with Gasteiger partial charge in [0.1, 0.15) is 23.8 Å². The molecule has 1 saturated heterocycles. The highest BCUT2D eigenvalue weighted by molar-refractivity contribution is 6.31. The first-order valence-corrected chi connectivity index (χ1v) is 9.24. The summed E-state index contributed by atoms with van der Waals surface area (Å²) in [5.41, 5.74) is 0.892. The molecule has 5 rings (SSSR count). The molecule has 0 aliphatic carbocycles. The molecule has 0 bridgehead atoms. The van der Waals surface area contributed by atoms with Crippen molar-refractivity contribution in [3.8, 4) is 0 Å². The average molecular weight is 355 g/mol. The first kappa shape index (κ1) is 15.1. The molecule has 1 fully saturated rings. The number of hydrogen-bond acceptors (Lipinski definition) is 5. The fourth-order valence-corrected chi connectivity index (χ4v) is 4.29. The predicted molar refractivity (Wildman–Crippen MR) is 97.1 cm³/mol. The third-order valence-corrected chi connectivity index (χ3v) is 5.54. The van der Waals surface area contributed by atoms with Crippen LogP contribution in [0, 0.1) is 0 Å². The number of halogens is 1.